The summed E-state index contributed by atoms with van der Waals surface area (Å²) in [6, 6.07) is 9.62. The molecule has 2 heterocycles. The van der Waals surface area contributed by atoms with Gasteiger partial charge in [0.2, 0.25) is 5.91 Å². The molecule has 104 valence electrons. The molecule has 1 aliphatic rings. The predicted molar refractivity (Wildman–Crippen MR) is 78.7 cm³/mol. The van der Waals surface area contributed by atoms with Crippen LogP contribution < -0.4 is 15.5 Å². The van der Waals surface area contributed by atoms with Crippen molar-refractivity contribution in [3.8, 4) is 0 Å². The van der Waals surface area contributed by atoms with Crippen LogP contribution in [-0.4, -0.2) is 35.8 Å². The van der Waals surface area contributed by atoms with Gasteiger partial charge in [-0.1, -0.05) is 12.1 Å². The van der Waals surface area contributed by atoms with Crippen molar-refractivity contribution < 1.29 is 4.79 Å². The first-order valence-corrected chi connectivity index (χ1v) is 6.54. The van der Waals surface area contributed by atoms with Crippen molar-refractivity contribution in [2.45, 2.75) is 6.54 Å². The molecule has 3 rings (SSSR count). The summed E-state index contributed by atoms with van der Waals surface area (Å²) >= 11 is 0. The Labute approximate surface area is 117 Å². The first kappa shape index (κ1) is 12.5. The average molecular weight is 271 g/mol. The van der Waals surface area contributed by atoms with E-state index in [1.807, 2.05) is 36.2 Å². The molecule has 20 heavy (non-hydrogen) atoms. The molecule has 0 bridgehead atoms. The summed E-state index contributed by atoms with van der Waals surface area (Å²) in [7, 11) is 2.04. The van der Waals surface area contributed by atoms with E-state index < -0.39 is 0 Å². The number of nitrogens with zero attached hydrogens (tertiary/aromatic N) is 4. The quantitative estimate of drug-likeness (QED) is 0.883. The number of hydrogen-bond acceptors (Lipinski definition) is 4. The van der Waals surface area contributed by atoms with Crippen LogP contribution in [-0.2, 0) is 11.3 Å². The summed E-state index contributed by atoms with van der Waals surface area (Å²) < 4.78 is 1.57. The minimum absolute atomic E-state index is 0.0219. The van der Waals surface area contributed by atoms with Gasteiger partial charge in [0.05, 0.1) is 11.4 Å². The Morgan fingerprint density at radius 3 is 2.70 bits per heavy atom. The van der Waals surface area contributed by atoms with Crippen molar-refractivity contribution in [2.75, 3.05) is 35.7 Å². The second-order valence-electron chi connectivity index (χ2n) is 4.89. The first-order valence-electron chi connectivity index (χ1n) is 6.54. The van der Waals surface area contributed by atoms with Crippen LogP contribution in [0.25, 0.3) is 0 Å². The molecule has 1 aliphatic heterocycles. The Morgan fingerprint density at radius 2 is 2.00 bits per heavy atom. The van der Waals surface area contributed by atoms with Crippen molar-refractivity contribution in [2.24, 2.45) is 0 Å². The highest BCUT2D eigenvalue weighted by molar-refractivity contribution is 5.97. The minimum atomic E-state index is 0.0219. The Kier molecular flexibility index (Phi) is 3.06. The Morgan fingerprint density at radius 1 is 1.25 bits per heavy atom. The smallest absolute Gasteiger partial charge is 0.248 e. The lowest BCUT2D eigenvalue weighted by Crippen LogP contribution is -2.44. The zero-order chi connectivity index (χ0) is 14.1. The first-order chi connectivity index (χ1) is 9.65. The second-order valence-corrected chi connectivity index (χ2v) is 4.89. The van der Waals surface area contributed by atoms with E-state index in [0.717, 1.165) is 17.9 Å². The molecule has 0 fully saturated rings. The van der Waals surface area contributed by atoms with Gasteiger partial charge in [0.25, 0.3) is 0 Å². The molecule has 1 aromatic carbocycles. The normalized spacial score (nSPS) is 14.2. The highest BCUT2D eigenvalue weighted by atomic mass is 16.2. The number of nitrogens with two attached hydrogens (primary N) is 1. The van der Waals surface area contributed by atoms with Crippen molar-refractivity contribution in [3.63, 3.8) is 0 Å². The topological polar surface area (TPSA) is 67.4 Å². The van der Waals surface area contributed by atoms with E-state index in [1.165, 1.54) is 0 Å². The molecular weight excluding hydrogens is 254 g/mol. The molecular formula is C14H17N5O. The molecule has 0 atom stereocenters. The number of rotatable bonds is 2. The standard InChI is InChI=1S/C14H17N5O/c1-17-8-9-19(12-5-3-2-4-11(12)17)14(20)10-18-7-6-13(15)16-18/h2-7H,8-10H2,1H3,(H2,15,16). The van der Waals surface area contributed by atoms with Gasteiger partial charge in [-0.25, -0.2) is 0 Å². The van der Waals surface area contributed by atoms with Gasteiger partial charge in [-0.15, -0.1) is 0 Å². The number of likely N-dealkylation sites (N-methyl/N-ethyl adjacent to an activating group) is 1. The van der Waals surface area contributed by atoms with Gasteiger partial charge < -0.3 is 15.5 Å². The SMILES string of the molecule is CN1CCN(C(=O)Cn2ccc(N)n2)c2ccccc21. The number of benzene rings is 1. The molecule has 2 aromatic rings. The van der Waals surface area contributed by atoms with Crippen molar-refractivity contribution in [3.05, 3.63) is 36.5 Å². The van der Waals surface area contributed by atoms with Crippen LogP contribution >= 0.6 is 0 Å². The fourth-order valence-electron chi connectivity index (χ4n) is 2.45. The summed E-state index contributed by atoms with van der Waals surface area (Å²) in [6.45, 7) is 1.71. The molecule has 1 amide bonds. The molecule has 1 aromatic heterocycles. The van der Waals surface area contributed by atoms with Crippen LogP contribution in [0.2, 0.25) is 0 Å². The van der Waals surface area contributed by atoms with Gasteiger partial charge >= 0.3 is 0 Å². The van der Waals surface area contributed by atoms with Crippen molar-refractivity contribution in [1.82, 2.24) is 9.78 Å². The van der Waals surface area contributed by atoms with Crippen molar-refractivity contribution in [1.29, 1.82) is 0 Å². The lowest BCUT2D eigenvalue weighted by Gasteiger charge is -2.35. The zero-order valence-electron chi connectivity index (χ0n) is 11.4. The molecule has 0 radical (unpaired) electrons. The fourth-order valence-corrected chi connectivity index (χ4v) is 2.45. The van der Waals surface area contributed by atoms with Crippen LogP contribution in [0.5, 0.6) is 0 Å². The number of hydrogen-bond donors (Lipinski definition) is 1. The largest absolute Gasteiger partial charge is 0.382 e. The molecule has 6 heteroatoms. The van der Waals surface area contributed by atoms with E-state index in [4.69, 9.17) is 5.73 Å². The van der Waals surface area contributed by atoms with Gasteiger partial charge in [-0.3, -0.25) is 9.48 Å². The highest BCUT2D eigenvalue weighted by Gasteiger charge is 2.24. The summed E-state index contributed by atoms with van der Waals surface area (Å²) in [5.74, 6) is 0.449. The Balaban J connectivity index is 1.84. The molecule has 0 unspecified atom stereocenters. The zero-order valence-corrected chi connectivity index (χ0v) is 11.4. The number of amides is 1. The van der Waals surface area contributed by atoms with Crippen LogP contribution in [0.15, 0.2) is 36.5 Å². The monoisotopic (exact) mass is 271 g/mol. The summed E-state index contributed by atoms with van der Waals surface area (Å²) in [4.78, 5) is 16.4. The average Bonchev–Trinajstić information content (AvgIpc) is 2.84. The summed E-state index contributed by atoms with van der Waals surface area (Å²) in [5, 5.41) is 4.05. The number of carbonyl (C=O) groups is 1. The van der Waals surface area contributed by atoms with Gasteiger partial charge in [-0.2, -0.15) is 5.10 Å². The van der Waals surface area contributed by atoms with Crippen LogP contribution in [0.4, 0.5) is 17.2 Å². The van der Waals surface area contributed by atoms with Crippen molar-refractivity contribution >= 4 is 23.1 Å². The van der Waals surface area contributed by atoms with Gasteiger partial charge in [-0.05, 0) is 18.2 Å². The number of aromatic nitrogens is 2. The van der Waals surface area contributed by atoms with E-state index in [9.17, 15) is 4.79 Å². The van der Waals surface area contributed by atoms with Gasteiger partial charge in [0.1, 0.15) is 12.4 Å². The molecule has 0 saturated heterocycles. The lowest BCUT2D eigenvalue weighted by atomic mass is 10.1. The summed E-state index contributed by atoms with van der Waals surface area (Å²) in [6.07, 6.45) is 1.72. The Hall–Kier alpha value is -2.50. The molecule has 0 spiro atoms. The van der Waals surface area contributed by atoms with Gasteiger partial charge in [0.15, 0.2) is 0 Å². The molecule has 0 saturated carbocycles. The van der Waals surface area contributed by atoms with E-state index in [1.54, 1.807) is 16.9 Å². The van der Waals surface area contributed by atoms with E-state index in [2.05, 4.69) is 10.00 Å². The predicted octanol–water partition coefficient (Wildman–Crippen LogP) is 0.948. The van der Waals surface area contributed by atoms with Crippen LogP contribution in [0.3, 0.4) is 0 Å². The maximum Gasteiger partial charge on any atom is 0.248 e. The third-order valence-corrected chi connectivity index (χ3v) is 3.50. The van der Waals surface area contributed by atoms with E-state index in [0.29, 0.717) is 12.4 Å². The number of carbonyl (C=O) groups excluding carboxylic acids is 1. The molecule has 0 aliphatic carbocycles. The number of fused-ring (bicyclic) bond motifs is 1. The van der Waals surface area contributed by atoms with E-state index in [-0.39, 0.29) is 12.5 Å². The summed E-state index contributed by atoms with van der Waals surface area (Å²) in [5.41, 5.74) is 7.59. The third kappa shape index (κ3) is 2.20. The highest BCUT2D eigenvalue weighted by Crippen LogP contribution is 2.31. The van der Waals surface area contributed by atoms with Crippen LogP contribution in [0.1, 0.15) is 0 Å². The van der Waals surface area contributed by atoms with Crippen LogP contribution in [0, 0.1) is 0 Å². The lowest BCUT2D eigenvalue weighted by molar-refractivity contribution is -0.119. The second kappa shape index (κ2) is 4.88. The van der Waals surface area contributed by atoms with Gasteiger partial charge in [0, 0.05) is 26.3 Å². The number of nitrogen functional groups attached to an aromatic ring is 1. The maximum absolute atomic E-state index is 12.5. The molecule has 6 nitrogen and oxygen atoms in total. The fraction of sp³-hybridized carbons (Fsp3) is 0.286. The minimum Gasteiger partial charge on any atom is -0.382 e. The number of anilines is 3. The maximum atomic E-state index is 12.5. The Bertz CT molecular complexity index is 636. The van der Waals surface area contributed by atoms with E-state index >= 15 is 0 Å². The third-order valence-electron chi connectivity index (χ3n) is 3.50. The number of para-hydroxylation sites is 2. The molecule has 2 N–H and O–H groups in total.